The van der Waals surface area contributed by atoms with E-state index in [2.05, 4.69) is 5.32 Å². The van der Waals surface area contributed by atoms with E-state index in [4.69, 9.17) is 30.5 Å². The molecule has 0 unspecified atom stereocenters. The van der Waals surface area contributed by atoms with Crippen LogP contribution in [0.4, 0.5) is 9.59 Å². The number of halogens is 1. The van der Waals surface area contributed by atoms with Gasteiger partial charge in [-0.15, -0.1) is 0 Å². The fourth-order valence-corrected chi connectivity index (χ4v) is 4.25. The maximum Gasteiger partial charge on any atom is 0.515 e. The van der Waals surface area contributed by atoms with Gasteiger partial charge in [0.15, 0.2) is 0 Å². The summed E-state index contributed by atoms with van der Waals surface area (Å²) in [4.78, 5) is 38.0. The van der Waals surface area contributed by atoms with E-state index in [0.29, 0.717) is 16.4 Å². The summed E-state index contributed by atoms with van der Waals surface area (Å²) >= 11 is 6.24. The number of nitrogens with one attached hydrogen (secondary N) is 1. The van der Waals surface area contributed by atoms with E-state index in [1.807, 2.05) is 60.7 Å². The molecule has 1 aliphatic heterocycles. The maximum absolute atomic E-state index is 12.9. The maximum atomic E-state index is 12.9. The molecule has 0 radical (unpaired) electrons. The molecule has 1 aromatic heterocycles. The SMILES string of the molecule is O=C(OCc1ccccc1)OC1=C(c2ccc(OC(=O)OCc3ccccc3)n2-c2cccc(Cl)c2)C(=O)NC1. The van der Waals surface area contributed by atoms with Gasteiger partial charge in [-0.1, -0.05) is 78.3 Å². The van der Waals surface area contributed by atoms with E-state index in [0.717, 1.165) is 11.1 Å². The quantitative estimate of drug-likeness (QED) is 0.263. The van der Waals surface area contributed by atoms with E-state index >= 15 is 0 Å². The lowest BCUT2D eigenvalue weighted by atomic mass is 10.1. The topological polar surface area (TPSA) is 105 Å². The molecule has 5 rings (SSSR count). The number of carbonyl (C=O) groups is 3. The van der Waals surface area contributed by atoms with Crippen LogP contribution in [0.2, 0.25) is 5.02 Å². The van der Waals surface area contributed by atoms with Gasteiger partial charge in [-0.05, 0) is 35.4 Å². The van der Waals surface area contributed by atoms with Crippen molar-refractivity contribution in [1.82, 2.24) is 9.88 Å². The number of hydrogen-bond donors (Lipinski definition) is 1. The van der Waals surface area contributed by atoms with Crippen LogP contribution in [0, 0.1) is 0 Å². The third kappa shape index (κ3) is 6.33. The van der Waals surface area contributed by atoms with Crippen LogP contribution >= 0.6 is 11.6 Å². The van der Waals surface area contributed by atoms with E-state index in [1.165, 1.54) is 10.6 Å². The summed E-state index contributed by atoms with van der Waals surface area (Å²) in [7, 11) is 0. The van der Waals surface area contributed by atoms with Gasteiger partial charge in [0.25, 0.3) is 5.91 Å². The van der Waals surface area contributed by atoms with Gasteiger partial charge >= 0.3 is 12.3 Å². The molecule has 0 bridgehead atoms. The molecule has 1 N–H and O–H groups in total. The second kappa shape index (κ2) is 12.2. The highest BCUT2D eigenvalue weighted by Crippen LogP contribution is 2.33. The molecule has 9 nitrogen and oxygen atoms in total. The van der Waals surface area contributed by atoms with Gasteiger partial charge in [-0.3, -0.25) is 9.36 Å². The van der Waals surface area contributed by atoms with Gasteiger partial charge in [0.05, 0.1) is 17.9 Å². The molecule has 4 aromatic rings. The van der Waals surface area contributed by atoms with Crippen molar-refractivity contribution < 1.29 is 33.3 Å². The van der Waals surface area contributed by atoms with E-state index < -0.39 is 18.2 Å². The first-order valence-corrected chi connectivity index (χ1v) is 12.6. The highest BCUT2D eigenvalue weighted by molar-refractivity contribution is 6.30. The fourth-order valence-electron chi connectivity index (χ4n) is 4.06. The molecule has 202 valence electrons. The highest BCUT2D eigenvalue weighted by Gasteiger charge is 2.31. The van der Waals surface area contributed by atoms with Crippen LogP contribution in [-0.4, -0.2) is 29.3 Å². The molecule has 2 heterocycles. The van der Waals surface area contributed by atoms with Gasteiger partial charge in [-0.2, -0.15) is 0 Å². The second-order valence-corrected chi connectivity index (χ2v) is 9.04. The molecule has 1 aliphatic rings. The zero-order valence-electron chi connectivity index (χ0n) is 21.0. The summed E-state index contributed by atoms with van der Waals surface area (Å²) < 4.78 is 22.9. The molecule has 40 heavy (non-hydrogen) atoms. The first-order valence-electron chi connectivity index (χ1n) is 12.2. The van der Waals surface area contributed by atoms with Crippen LogP contribution in [-0.2, 0) is 32.2 Å². The Kier molecular flexibility index (Phi) is 8.13. The van der Waals surface area contributed by atoms with Crippen LogP contribution < -0.4 is 10.1 Å². The summed E-state index contributed by atoms with van der Waals surface area (Å²) in [6.45, 7) is -0.0166. The Hall–Kier alpha value is -5.02. The monoisotopic (exact) mass is 558 g/mol. The number of amides is 1. The third-order valence-corrected chi connectivity index (χ3v) is 6.11. The first-order chi connectivity index (χ1) is 19.5. The standard InChI is InChI=1S/C30H23ClN2O7/c31-22-12-7-13-23(16-22)33-24(14-15-26(33)40-30(36)38-19-21-10-5-2-6-11-21)27-25(17-32-28(27)34)39-29(35)37-18-20-8-3-1-4-9-20/h1-16H,17-19H2,(H,32,34). The Labute approximate surface area is 234 Å². The van der Waals surface area contributed by atoms with Gasteiger partial charge in [-0.25, -0.2) is 9.59 Å². The van der Waals surface area contributed by atoms with E-state index in [1.54, 1.807) is 30.3 Å². The van der Waals surface area contributed by atoms with Crippen LogP contribution in [0.25, 0.3) is 11.3 Å². The van der Waals surface area contributed by atoms with Crippen molar-refractivity contribution >= 4 is 35.4 Å². The van der Waals surface area contributed by atoms with Crippen LogP contribution in [0.3, 0.4) is 0 Å². The smallest absolute Gasteiger partial charge is 0.429 e. The summed E-state index contributed by atoms with van der Waals surface area (Å²) in [6, 6.07) is 28.1. The molecule has 0 atom stereocenters. The molecule has 1 amide bonds. The molecule has 3 aromatic carbocycles. The molecule has 0 saturated heterocycles. The van der Waals surface area contributed by atoms with E-state index in [9.17, 15) is 14.4 Å². The molecular weight excluding hydrogens is 536 g/mol. The van der Waals surface area contributed by atoms with Crippen molar-refractivity contribution in [1.29, 1.82) is 0 Å². The van der Waals surface area contributed by atoms with Crippen molar-refractivity contribution in [3.63, 3.8) is 0 Å². The Balaban J connectivity index is 1.41. The Morgan fingerprint density at radius 2 is 1.40 bits per heavy atom. The number of benzene rings is 3. The predicted molar refractivity (Wildman–Crippen MR) is 146 cm³/mol. The second-order valence-electron chi connectivity index (χ2n) is 8.61. The fraction of sp³-hybridized carbons (Fsp3) is 0.100. The summed E-state index contributed by atoms with van der Waals surface area (Å²) in [6.07, 6.45) is -1.91. The molecule has 0 aliphatic carbocycles. The zero-order chi connectivity index (χ0) is 27.9. The minimum Gasteiger partial charge on any atom is -0.429 e. The Morgan fingerprint density at radius 3 is 2.02 bits per heavy atom. The van der Waals surface area contributed by atoms with Crippen molar-refractivity contribution in [2.75, 3.05) is 6.54 Å². The first kappa shape index (κ1) is 26.6. The van der Waals surface area contributed by atoms with Crippen molar-refractivity contribution in [2.45, 2.75) is 13.2 Å². The summed E-state index contributed by atoms with van der Waals surface area (Å²) in [5, 5.41) is 3.08. The highest BCUT2D eigenvalue weighted by atomic mass is 35.5. The Bertz CT molecular complexity index is 1570. The average Bonchev–Trinajstić information content (AvgIpc) is 3.54. The summed E-state index contributed by atoms with van der Waals surface area (Å²) in [5.41, 5.74) is 2.44. The number of hydrogen-bond acceptors (Lipinski definition) is 7. The molecule has 10 heteroatoms. The number of nitrogens with zero attached hydrogens (tertiary/aromatic N) is 1. The zero-order valence-corrected chi connectivity index (χ0v) is 21.8. The molecular formula is C30H23ClN2O7. The van der Waals surface area contributed by atoms with Gasteiger partial charge < -0.3 is 24.3 Å². The number of carbonyl (C=O) groups excluding carboxylic acids is 3. The van der Waals surface area contributed by atoms with Gasteiger partial charge in [0.2, 0.25) is 5.88 Å². The van der Waals surface area contributed by atoms with Crippen LogP contribution in [0.1, 0.15) is 16.8 Å². The lowest BCUT2D eigenvalue weighted by molar-refractivity contribution is -0.114. The van der Waals surface area contributed by atoms with Crippen molar-refractivity contribution in [2.24, 2.45) is 0 Å². The van der Waals surface area contributed by atoms with Gasteiger partial charge in [0.1, 0.15) is 24.5 Å². The van der Waals surface area contributed by atoms with E-state index in [-0.39, 0.29) is 37.0 Å². The lowest BCUT2D eigenvalue weighted by Crippen LogP contribution is -2.18. The molecule has 0 fully saturated rings. The van der Waals surface area contributed by atoms with Gasteiger partial charge in [0, 0.05) is 11.1 Å². The number of rotatable bonds is 8. The third-order valence-electron chi connectivity index (χ3n) is 5.88. The molecule has 0 spiro atoms. The van der Waals surface area contributed by atoms with Crippen LogP contribution in [0.5, 0.6) is 5.88 Å². The lowest BCUT2D eigenvalue weighted by Gasteiger charge is -2.15. The normalized spacial score (nSPS) is 12.6. The summed E-state index contributed by atoms with van der Waals surface area (Å²) in [5.74, 6) is -0.360. The predicted octanol–water partition coefficient (Wildman–Crippen LogP) is 6.04. The Morgan fingerprint density at radius 1 is 0.775 bits per heavy atom. The minimum atomic E-state index is -0.963. The molecule has 0 saturated carbocycles. The largest absolute Gasteiger partial charge is 0.515 e. The number of aromatic nitrogens is 1. The van der Waals surface area contributed by atoms with Crippen LogP contribution in [0.15, 0.2) is 103 Å². The number of ether oxygens (including phenoxy) is 4. The van der Waals surface area contributed by atoms with Crippen molar-refractivity contribution in [3.8, 4) is 11.6 Å². The van der Waals surface area contributed by atoms with Crippen molar-refractivity contribution in [3.05, 3.63) is 125 Å². The minimum absolute atomic E-state index is 0.00559. The average molecular weight is 559 g/mol.